The predicted molar refractivity (Wildman–Crippen MR) is 84.0 cm³/mol. The molecule has 2 aromatic carbocycles. The largest absolute Gasteiger partial charge is 0.354 e. The van der Waals surface area contributed by atoms with Gasteiger partial charge in [-0.1, -0.05) is 28.1 Å². The molecule has 1 aliphatic rings. The van der Waals surface area contributed by atoms with Crippen LogP contribution in [-0.2, 0) is 13.0 Å². The van der Waals surface area contributed by atoms with Crippen molar-refractivity contribution in [3.05, 3.63) is 57.6 Å². The zero-order valence-corrected chi connectivity index (χ0v) is 12.5. The molecule has 2 N–H and O–H groups in total. The van der Waals surface area contributed by atoms with Crippen LogP contribution < -0.4 is 10.6 Å². The number of halogens is 1. The van der Waals surface area contributed by atoms with Crippen molar-refractivity contribution in [2.45, 2.75) is 13.0 Å². The minimum absolute atomic E-state index is 0.653. The summed E-state index contributed by atoms with van der Waals surface area (Å²) in [5.41, 5.74) is 5.26. The summed E-state index contributed by atoms with van der Waals surface area (Å²) in [6.07, 6.45) is 1.01. The van der Waals surface area contributed by atoms with Crippen LogP contribution in [0.5, 0.6) is 0 Å². The van der Waals surface area contributed by atoms with Crippen molar-refractivity contribution in [2.75, 3.05) is 11.9 Å². The van der Waals surface area contributed by atoms with Gasteiger partial charge in [0.2, 0.25) is 0 Å². The first-order chi connectivity index (χ1) is 9.78. The second-order valence-corrected chi connectivity index (χ2v) is 5.71. The molecule has 0 unspecified atom stereocenters. The number of fused-ring (bicyclic) bond motifs is 1. The molecule has 20 heavy (non-hydrogen) atoms. The Bertz CT molecular complexity index is 689. The average molecular weight is 328 g/mol. The van der Waals surface area contributed by atoms with Gasteiger partial charge in [-0.2, -0.15) is 5.26 Å². The van der Waals surface area contributed by atoms with Gasteiger partial charge in [0, 0.05) is 16.7 Å². The van der Waals surface area contributed by atoms with Crippen LogP contribution in [0, 0.1) is 11.3 Å². The van der Waals surface area contributed by atoms with Crippen molar-refractivity contribution in [2.24, 2.45) is 0 Å². The smallest absolute Gasteiger partial charge is 0.101 e. The molecule has 4 heteroatoms. The van der Waals surface area contributed by atoms with Crippen molar-refractivity contribution in [1.29, 1.82) is 5.26 Å². The molecule has 0 amide bonds. The highest BCUT2D eigenvalue weighted by atomic mass is 79.9. The van der Waals surface area contributed by atoms with E-state index < -0.39 is 0 Å². The molecule has 0 atom stereocenters. The zero-order valence-electron chi connectivity index (χ0n) is 10.9. The minimum atomic E-state index is 0.653. The van der Waals surface area contributed by atoms with E-state index in [-0.39, 0.29) is 0 Å². The van der Waals surface area contributed by atoms with Crippen LogP contribution in [0.1, 0.15) is 16.7 Å². The Labute approximate surface area is 126 Å². The van der Waals surface area contributed by atoms with E-state index in [1.165, 1.54) is 11.1 Å². The Morgan fingerprint density at radius 1 is 1.20 bits per heavy atom. The van der Waals surface area contributed by atoms with E-state index in [1.807, 2.05) is 18.2 Å². The Hall–Kier alpha value is -1.83. The molecule has 0 bridgehead atoms. The number of anilines is 2. The molecular weight excluding hydrogens is 314 g/mol. The maximum atomic E-state index is 9.21. The van der Waals surface area contributed by atoms with E-state index in [2.05, 4.69) is 50.8 Å². The molecule has 1 heterocycles. The maximum Gasteiger partial charge on any atom is 0.101 e. The second-order valence-electron chi connectivity index (χ2n) is 4.80. The lowest BCUT2D eigenvalue weighted by molar-refractivity contribution is 0.645. The summed E-state index contributed by atoms with van der Waals surface area (Å²) < 4.78 is 0.963. The molecule has 0 saturated carbocycles. The van der Waals surface area contributed by atoms with Gasteiger partial charge in [0.15, 0.2) is 0 Å². The maximum absolute atomic E-state index is 9.21. The van der Waals surface area contributed by atoms with Crippen molar-refractivity contribution >= 4 is 27.3 Å². The Balaban J connectivity index is 2.00. The second kappa shape index (κ2) is 5.66. The third-order valence-corrected chi connectivity index (χ3v) is 4.00. The van der Waals surface area contributed by atoms with Gasteiger partial charge in [0.1, 0.15) is 6.07 Å². The van der Waals surface area contributed by atoms with Gasteiger partial charge >= 0.3 is 0 Å². The average Bonchev–Trinajstić information content (AvgIpc) is 2.48. The number of nitrogens with one attached hydrogen (secondary N) is 2. The number of nitriles is 1. The molecule has 100 valence electrons. The van der Waals surface area contributed by atoms with Crippen molar-refractivity contribution in [1.82, 2.24) is 5.32 Å². The van der Waals surface area contributed by atoms with E-state index in [9.17, 15) is 5.26 Å². The van der Waals surface area contributed by atoms with E-state index in [0.29, 0.717) is 5.56 Å². The number of nitrogens with zero attached hydrogens (tertiary/aromatic N) is 1. The number of hydrogen-bond acceptors (Lipinski definition) is 3. The molecule has 0 fully saturated rings. The van der Waals surface area contributed by atoms with Crippen molar-refractivity contribution < 1.29 is 0 Å². The van der Waals surface area contributed by atoms with Gasteiger partial charge in [0.05, 0.1) is 11.3 Å². The molecule has 3 rings (SSSR count). The van der Waals surface area contributed by atoms with Crippen LogP contribution in [0.25, 0.3) is 0 Å². The van der Waals surface area contributed by atoms with Crippen LogP contribution >= 0.6 is 15.9 Å². The molecule has 0 radical (unpaired) electrons. The molecule has 0 aliphatic carbocycles. The van der Waals surface area contributed by atoms with E-state index in [4.69, 9.17) is 0 Å². The fourth-order valence-corrected chi connectivity index (χ4v) is 2.87. The van der Waals surface area contributed by atoms with Crippen LogP contribution in [-0.4, -0.2) is 6.54 Å². The number of rotatable bonds is 2. The Kier molecular flexibility index (Phi) is 3.72. The quantitative estimate of drug-likeness (QED) is 0.883. The highest BCUT2D eigenvalue weighted by molar-refractivity contribution is 9.10. The Morgan fingerprint density at radius 3 is 2.95 bits per heavy atom. The highest BCUT2D eigenvalue weighted by Gasteiger charge is 2.13. The first-order valence-corrected chi connectivity index (χ1v) is 7.35. The van der Waals surface area contributed by atoms with Crippen LogP contribution in [0.4, 0.5) is 11.4 Å². The van der Waals surface area contributed by atoms with Gasteiger partial charge in [-0.15, -0.1) is 0 Å². The summed E-state index contributed by atoms with van der Waals surface area (Å²) in [6.45, 7) is 1.91. The lowest BCUT2D eigenvalue weighted by Crippen LogP contribution is -2.24. The lowest BCUT2D eigenvalue weighted by atomic mass is 9.99. The fourth-order valence-electron chi connectivity index (χ4n) is 2.51. The van der Waals surface area contributed by atoms with Gasteiger partial charge in [-0.3, -0.25) is 0 Å². The third kappa shape index (κ3) is 2.55. The van der Waals surface area contributed by atoms with Gasteiger partial charge in [0.25, 0.3) is 0 Å². The molecule has 0 saturated heterocycles. The summed E-state index contributed by atoms with van der Waals surface area (Å²) in [5.74, 6) is 0. The summed E-state index contributed by atoms with van der Waals surface area (Å²) in [7, 11) is 0. The third-order valence-electron chi connectivity index (χ3n) is 3.51. The predicted octanol–water partition coefficient (Wildman–Crippen LogP) is 3.71. The summed E-state index contributed by atoms with van der Waals surface area (Å²) in [5, 5.41) is 16.0. The van der Waals surface area contributed by atoms with E-state index >= 15 is 0 Å². The van der Waals surface area contributed by atoms with E-state index in [1.54, 1.807) is 0 Å². The first kappa shape index (κ1) is 13.2. The molecule has 1 aliphatic heterocycles. The fraction of sp³-hybridized carbons (Fsp3) is 0.188. The first-order valence-electron chi connectivity index (χ1n) is 6.56. The standard InChI is InChI=1S/C16H14BrN3/c17-13-5-4-11(9-18)16(8-13)20-15-3-1-2-12-10-19-7-6-14(12)15/h1-5,8,19-20H,6-7,10H2. The van der Waals surface area contributed by atoms with Gasteiger partial charge in [-0.25, -0.2) is 0 Å². The lowest BCUT2D eigenvalue weighted by Gasteiger charge is -2.21. The Morgan fingerprint density at radius 2 is 2.10 bits per heavy atom. The normalized spacial score (nSPS) is 13.4. The monoisotopic (exact) mass is 327 g/mol. The van der Waals surface area contributed by atoms with Crippen LogP contribution in [0.15, 0.2) is 40.9 Å². The van der Waals surface area contributed by atoms with Crippen LogP contribution in [0.3, 0.4) is 0 Å². The SMILES string of the molecule is N#Cc1ccc(Br)cc1Nc1cccc2c1CCNC2. The topological polar surface area (TPSA) is 47.9 Å². The van der Waals surface area contributed by atoms with Crippen molar-refractivity contribution in [3.8, 4) is 6.07 Å². The molecule has 2 aromatic rings. The van der Waals surface area contributed by atoms with Crippen molar-refractivity contribution in [3.63, 3.8) is 0 Å². The number of benzene rings is 2. The molecule has 0 aromatic heterocycles. The summed E-state index contributed by atoms with van der Waals surface area (Å²) >= 11 is 3.45. The van der Waals surface area contributed by atoms with Gasteiger partial charge < -0.3 is 10.6 Å². The minimum Gasteiger partial charge on any atom is -0.354 e. The molecule has 0 spiro atoms. The van der Waals surface area contributed by atoms with Crippen LogP contribution in [0.2, 0.25) is 0 Å². The molecule has 3 nitrogen and oxygen atoms in total. The molecular formula is C16H14BrN3. The van der Waals surface area contributed by atoms with Gasteiger partial charge in [-0.05, 0) is 48.4 Å². The summed E-state index contributed by atoms with van der Waals surface area (Å²) in [4.78, 5) is 0. The highest BCUT2D eigenvalue weighted by Crippen LogP contribution is 2.29. The summed E-state index contributed by atoms with van der Waals surface area (Å²) in [6, 6.07) is 14.2. The zero-order chi connectivity index (χ0) is 13.9. The van der Waals surface area contributed by atoms with E-state index in [0.717, 1.165) is 35.4 Å². The number of hydrogen-bond donors (Lipinski definition) is 2.